The number of hydrogen-bond donors (Lipinski definition) is 1. The zero-order valence-electron chi connectivity index (χ0n) is 14.0. The van der Waals surface area contributed by atoms with Gasteiger partial charge in [0.15, 0.2) is 5.13 Å². The van der Waals surface area contributed by atoms with E-state index in [0.29, 0.717) is 5.56 Å². The first-order valence-corrected chi connectivity index (χ1v) is 9.52. The normalized spacial score (nSPS) is 13.3. The van der Waals surface area contributed by atoms with Crippen LogP contribution in [0.1, 0.15) is 44.9 Å². The number of benzene rings is 2. The monoisotopic (exact) mass is 348 g/mol. The number of hydrogen-bond acceptors (Lipinski definition) is 3. The van der Waals surface area contributed by atoms with Crippen molar-refractivity contribution in [3.8, 4) is 0 Å². The Balaban J connectivity index is 1.42. The standard InChI is InChI=1S/C21H20N2OS/c24-20(23-21-22-18-8-4-5-9-19(18)25-21)17-12-10-16(11-13-17)14-15-6-2-1-3-7-15/h1-3,6-7,10-13H,4-5,8-9,14H2,(H,22,23,24). The molecule has 0 saturated heterocycles. The lowest BCUT2D eigenvalue weighted by Crippen LogP contribution is -2.11. The molecule has 4 rings (SSSR count). The van der Waals surface area contributed by atoms with E-state index in [1.54, 1.807) is 11.3 Å². The molecule has 2 aromatic carbocycles. The first-order valence-electron chi connectivity index (χ1n) is 8.71. The molecule has 3 nitrogen and oxygen atoms in total. The predicted molar refractivity (Wildman–Crippen MR) is 102 cm³/mol. The molecule has 1 N–H and O–H groups in total. The quantitative estimate of drug-likeness (QED) is 0.731. The molecule has 3 aromatic rings. The van der Waals surface area contributed by atoms with Gasteiger partial charge in [0.05, 0.1) is 5.69 Å². The molecule has 0 bridgehead atoms. The van der Waals surface area contributed by atoms with Gasteiger partial charge in [0.2, 0.25) is 0 Å². The highest BCUT2D eigenvalue weighted by Gasteiger charge is 2.16. The highest BCUT2D eigenvalue weighted by molar-refractivity contribution is 7.15. The lowest BCUT2D eigenvalue weighted by molar-refractivity contribution is 0.102. The summed E-state index contributed by atoms with van der Waals surface area (Å²) in [6.45, 7) is 0. The number of amides is 1. The minimum atomic E-state index is -0.0858. The lowest BCUT2D eigenvalue weighted by Gasteiger charge is -2.06. The van der Waals surface area contributed by atoms with E-state index in [1.165, 1.54) is 34.5 Å². The van der Waals surface area contributed by atoms with E-state index in [0.717, 1.165) is 24.4 Å². The van der Waals surface area contributed by atoms with Gasteiger partial charge in [-0.25, -0.2) is 4.98 Å². The summed E-state index contributed by atoms with van der Waals surface area (Å²) in [5.41, 5.74) is 4.32. The smallest absolute Gasteiger partial charge is 0.257 e. The van der Waals surface area contributed by atoms with Crippen molar-refractivity contribution in [1.82, 2.24) is 4.98 Å². The van der Waals surface area contributed by atoms with Crippen LogP contribution in [0.4, 0.5) is 5.13 Å². The first kappa shape index (κ1) is 16.0. The molecule has 0 spiro atoms. The Labute approximate surface area is 151 Å². The molecule has 0 unspecified atom stereocenters. The number of fused-ring (bicyclic) bond motifs is 1. The third-order valence-electron chi connectivity index (χ3n) is 4.53. The van der Waals surface area contributed by atoms with Gasteiger partial charge in [-0.2, -0.15) is 0 Å². The maximum Gasteiger partial charge on any atom is 0.257 e. The average molecular weight is 348 g/mol. The van der Waals surface area contributed by atoms with E-state index < -0.39 is 0 Å². The number of aryl methyl sites for hydroxylation is 2. The molecule has 1 aliphatic carbocycles. The van der Waals surface area contributed by atoms with Crippen LogP contribution < -0.4 is 5.32 Å². The van der Waals surface area contributed by atoms with Crippen LogP contribution in [0.2, 0.25) is 0 Å². The van der Waals surface area contributed by atoms with Gasteiger partial charge in [-0.15, -0.1) is 11.3 Å². The Morgan fingerprint density at radius 3 is 2.44 bits per heavy atom. The van der Waals surface area contributed by atoms with Crippen molar-refractivity contribution < 1.29 is 4.79 Å². The maximum absolute atomic E-state index is 12.5. The predicted octanol–water partition coefficient (Wildman–Crippen LogP) is 4.87. The van der Waals surface area contributed by atoms with Crippen molar-refractivity contribution in [2.24, 2.45) is 0 Å². The summed E-state index contributed by atoms with van der Waals surface area (Å²) in [6.07, 6.45) is 5.44. The van der Waals surface area contributed by atoms with Crippen molar-refractivity contribution in [2.75, 3.05) is 5.32 Å². The Morgan fingerprint density at radius 2 is 1.68 bits per heavy atom. The van der Waals surface area contributed by atoms with Gasteiger partial charge in [0.25, 0.3) is 5.91 Å². The number of carbonyl (C=O) groups is 1. The Bertz CT molecular complexity index is 845. The minimum absolute atomic E-state index is 0.0858. The third-order valence-corrected chi connectivity index (χ3v) is 5.61. The van der Waals surface area contributed by atoms with Crippen LogP contribution in [0.15, 0.2) is 54.6 Å². The summed E-state index contributed by atoms with van der Waals surface area (Å²) in [5.74, 6) is -0.0858. The summed E-state index contributed by atoms with van der Waals surface area (Å²) < 4.78 is 0. The summed E-state index contributed by atoms with van der Waals surface area (Å²) in [4.78, 5) is 18.4. The van der Waals surface area contributed by atoms with Gasteiger partial charge in [0, 0.05) is 10.4 Å². The molecular formula is C21H20N2OS. The Hall–Kier alpha value is -2.46. The Morgan fingerprint density at radius 1 is 0.960 bits per heavy atom. The molecular weight excluding hydrogens is 328 g/mol. The van der Waals surface area contributed by atoms with E-state index in [1.807, 2.05) is 42.5 Å². The second kappa shape index (κ2) is 7.19. The van der Waals surface area contributed by atoms with Crippen molar-refractivity contribution in [3.05, 3.63) is 81.9 Å². The number of aromatic nitrogens is 1. The molecule has 0 fully saturated rings. The summed E-state index contributed by atoms with van der Waals surface area (Å²) in [7, 11) is 0. The maximum atomic E-state index is 12.5. The van der Waals surface area contributed by atoms with Gasteiger partial charge in [-0.1, -0.05) is 42.5 Å². The van der Waals surface area contributed by atoms with Crippen LogP contribution >= 0.6 is 11.3 Å². The zero-order valence-corrected chi connectivity index (χ0v) is 14.8. The number of carbonyl (C=O) groups excluding carboxylic acids is 1. The van der Waals surface area contributed by atoms with Crippen LogP contribution in [-0.2, 0) is 19.3 Å². The molecule has 0 radical (unpaired) electrons. The fraction of sp³-hybridized carbons (Fsp3) is 0.238. The second-order valence-corrected chi connectivity index (χ2v) is 7.49. The highest BCUT2D eigenvalue weighted by atomic mass is 32.1. The summed E-state index contributed by atoms with van der Waals surface area (Å²) >= 11 is 1.62. The van der Waals surface area contributed by atoms with E-state index in [-0.39, 0.29) is 5.91 Å². The zero-order chi connectivity index (χ0) is 17.1. The fourth-order valence-electron chi connectivity index (χ4n) is 3.18. The van der Waals surface area contributed by atoms with E-state index >= 15 is 0 Å². The average Bonchev–Trinajstić information content (AvgIpc) is 3.05. The van der Waals surface area contributed by atoms with Gasteiger partial charge >= 0.3 is 0 Å². The number of nitrogens with one attached hydrogen (secondary N) is 1. The molecule has 1 aliphatic rings. The van der Waals surface area contributed by atoms with Crippen LogP contribution in [-0.4, -0.2) is 10.9 Å². The molecule has 1 aromatic heterocycles. The van der Waals surface area contributed by atoms with Crippen LogP contribution in [0.25, 0.3) is 0 Å². The molecule has 1 amide bonds. The SMILES string of the molecule is O=C(Nc1nc2c(s1)CCCC2)c1ccc(Cc2ccccc2)cc1. The lowest BCUT2D eigenvalue weighted by atomic mass is 10.0. The molecule has 0 aliphatic heterocycles. The Kier molecular flexibility index (Phi) is 4.61. The van der Waals surface area contributed by atoms with E-state index in [2.05, 4.69) is 22.4 Å². The number of nitrogens with zero attached hydrogens (tertiary/aromatic N) is 1. The number of anilines is 1. The summed E-state index contributed by atoms with van der Waals surface area (Å²) in [6, 6.07) is 18.2. The topological polar surface area (TPSA) is 42.0 Å². The first-order chi connectivity index (χ1) is 12.3. The van der Waals surface area contributed by atoms with Crippen LogP contribution in [0.5, 0.6) is 0 Å². The minimum Gasteiger partial charge on any atom is -0.298 e. The fourth-order valence-corrected chi connectivity index (χ4v) is 4.23. The third kappa shape index (κ3) is 3.80. The highest BCUT2D eigenvalue weighted by Crippen LogP contribution is 2.29. The second-order valence-electron chi connectivity index (χ2n) is 6.41. The van der Waals surface area contributed by atoms with Gasteiger partial charge in [-0.3, -0.25) is 10.1 Å². The number of thiazole rings is 1. The summed E-state index contributed by atoms with van der Waals surface area (Å²) in [5, 5.41) is 3.68. The molecule has 4 heteroatoms. The van der Waals surface area contributed by atoms with E-state index in [4.69, 9.17) is 0 Å². The molecule has 0 atom stereocenters. The molecule has 1 heterocycles. The molecule has 25 heavy (non-hydrogen) atoms. The van der Waals surface area contributed by atoms with Crippen molar-refractivity contribution in [3.63, 3.8) is 0 Å². The van der Waals surface area contributed by atoms with Crippen molar-refractivity contribution >= 4 is 22.4 Å². The molecule has 0 saturated carbocycles. The van der Waals surface area contributed by atoms with Crippen LogP contribution in [0.3, 0.4) is 0 Å². The molecule has 126 valence electrons. The van der Waals surface area contributed by atoms with Crippen molar-refractivity contribution in [1.29, 1.82) is 0 Å². The van der Waals surface area contributed by atoms with E-state index in [9.17, 15) is 4.79 Å². The van der Waals surface area contributed by atoms with Gasteiger partial charge < -0.3 is 0 Å². The van der Waals surface area contributed by atoms with Gasteiger partial charge in [-0.05, 0) is 55.4 Å². The van der Waals surface area contributed by atoms with Crippen LogP contribution in [0, 0.1) is 0 Å². The number of rotatable bonds is 4. The van der Waals surface area contributed by atoms with Gasteiger partial charge in [0.1, 0.15) is 0 Å². The largest absolute Gasteiger partial charge is 0.298 e. The van der Waals surface area contributed by atoms with Crippen molar-refractivity contribution in [2.45, 2.75) is 32.1 Å².